The van der Waals surface area contributed by atoms with E-state index in [1.165, 1.54) is 12.1 Å². The molecule has 0 heterocycles. The zero-order chi connectivity index (χ0) is 15.8. The fraction of sp³-hybridized carbons (Fsp3) is 0.308. The third-order valence-electron chi connectivity index (χ3n) is 2.40. The molecular weight excluding hydrogens is 283 g/mol. The standard InChI is InChI=1S/C13H15FN2O5/c1-2-21-10(17)6-7-15-13(20)16-9-5-3-4-8(14)11(9)12(18)19/h3-5H,2,6-7H2,1H3,(H,18,19)(H2,15,16,20). The normalized spacial score (nSPS) is 9.81. The van der Waals surface area contributed by atoms with Crippen molar-refractivity contribution in [2.75, 3.05) is 18.5 Å². The SMILES string of the molecule is CCOC(=O)CCNC(=O)Nc1cccc(F)c1C(=O)O. The van der Waals surface area contributed by atoms with Crippen LogP contribution in [0.5, 0.6) is 0 Å². The summed E-state index contributed by atoms with van der Waals surface area (Å²) in [6.07, 6.45) is -0.0177. The van der Waals surface area contributed by atoms with Crippen molar-refractivity contribution in [3.8, 4) is 0 Å². The Hall–Kier alpha value is -2.64. The highest BCUT2D eigenvalue weighted by molar-refractivity contribution is 6.00. The first-order chi connectivity index (χ1) is 9.95. The first-order valence-corrected chi connectivity index (χ1v) is 6.18. The van der Waals surface area contributed by atoms with E-state index in [-0.39, 0.29) is 25.3 Å². The summed E-state index contributed by atoms with van der Waals surface area (Å²) in [5, 5.41) is 13.4. The van der Waals surface area contributed by atoms with Gasteiger partial charge in [0, 0.05) is 6.54 Å². The van der Waals surface area contributed by atoms with E-state index in [2.05, 4.69) is 15.4 Å². The molecule has 0 unspecified atom stereocenters. The van der Waals surface area contributed by atoms with Gasteiger partial charge in [0.05, 0.1) is 18.7 Å². The van der Waals surface area contributed by atoms with E-state index < -0.39 is 29.4 Å². The number of ether oxygens (including phenoxy) is 1. The van der Waals surface area contributed by atoms with Crippen molar-refractivity contribution in [3.63, 3.8) is 0 Å². The highest BCUT2D eigenvalue weighted by atomic mass is 19.1. The molecule has 0 atom stereocenters. The van der Waals surface area contributed by atoms with E-state index in [0.29, 0.717) is 0 Å². The maximum Gasteiger partial charge on any atom is 0.340 e. The summed E-state index contributed by atoms with van der Waals surface area (Å²) in [5.41, 5.74) is -0.797. The largest absolute Gasteiger partial charge is 0.478 e. The second kappa shape index (κ2) is 7.83. The number of hydrogen-bond acceptors (Lipinski definition) is 4. The van der Waals surface area contributed by atoms with Crippen LogP contribution in [0.25, 0.3) is 0 Å². The summed E-state index contributed by atoms with van der Waals surface area (Å²) in [6, 6.07) is 2.77. The van der Waals surface area contributed by atoms with Crippen LogP contribution >= 0.6 is 0 Å². The van der Waals surface area contributed by atoms with Crippen molar-refractivity contribution in [2.24, 2.45) is 0 Å². The first kappa shape index (κ1) is 16.4. The Morgan fingerprint density at radius 3 is 2.67 bits per heavy atom. The molecule has 0 saturated heterocycles. The van der Waals surface area contributed by atoms with E-state index in [4.69, 9.17) is 5.11 Å². The molecule has 0 bridgehead atoms. The maximum absolute atomic E-state index is 13.4. The van der Waals surface area contributed by atoms with Gasteiger partial charge in [-0.15, -0.1) is 0 Å². The Morgan fingerprint density at radius 1 is 1.33 bits per heavy atom. The maximum atomic E-state index is 13.4. The molecule has 0 aromatic heterocycles. The van der Waals surface area contributed by atoms with Crippen molar-refractivity contribution in [3.05, 3.63) is 29.6 Å². The Bertz CT molecular complexity index is 547. The Labute approximate surface area is 120 Å². The number of rotatable bonds is 6. The predicted molar refractivity (Wildman–Crippen MR) is 71.6 cm³/mol. The number of urea groups is 1. The highest BCUT2D eigenvalue weighted by Crippen LogP contribution is 2.18. The lowest BCUT2D eigenvalue weighted by atomic mass is 10.1. The predicted octanol–water partition coefficient (Wildman–Crippen LogP) is 1.60. The quantitative estimate of drug-likeness (QED) is 0.692. The second-order valence-corrected chi connectivity index (χ2v) is 3.90. The van der Waals surface area contributed by atoms with Gasteiger partial charge in [0.25, 0.3) is 0 Å². The number of nitrogens with one attached hydrogen (secondary N) is 2. The summed E-state index contributed by atoms with van der Waals surface area (Å²) in [4.78, 5) is 33.5. The fourth-order valence-electron chi connectivity index (χ4n) is 1.52. The lowest BCUT2D eigenvalue weighted by Crippen LogP contribution is -2.31. The molecule has 0 fully saturated rings. The van der Waals surface area contributed by atoms with Crippen molar-refractivity contribution >= 4 is 23.7 Å². The summed E-state index contributed by atoms with van der Waals surface area (Å²) < 4.78 is 18.1. The van der Waals surface area contributed by atoms with Crippen LogP contribution in [0.2, 0.25) is 0 Å². The average molecular weight is 298 g/mol. The van der Waals surface area contributed by atoms with Gasteiger partial charge in [-0.05, 0) is 19.1 Å². The van der Waals surface area contributed by atoms with Gasteiger partial charge in [-0.3, -0.25) is 4.79 Å². The molecule has 8 heteroatoms. The summed E-state index contributed by atoms with van der Waals surface area (Å²) in [7, 11) is 0. The lowest BCUT2D eigenvalue weighted by molar-refractivity contribution is -0.142. The smallest absolute Gasteiger partial charge is 0.340 e. The molecule has 1 aromatic carbocycles. The Morgan fingerprint density at radius 2 is 2.05 bits per heavy atom. The molecule has 7 nitrogen and oxygen atoms in total. The van der Waals surface area contributed by atoms with Gasteiger partial charge in [-0.2, -0.15) is 0 Å². The van der Waals surface area contributed by atoms with Gasteiger partial charge in [0.1, 0.15) is 11.4 Å². The second-order valence-electron chi connectivity index (χ2n) is 3.90. The van der Waals surface area contributed by atoms with Gasteiger partial charge < -0.3 is 20.5 Å². The van der Waals surface area contributed by atoms with Crippen LogP contribution < -0.4 is 10.6 Å². The summed E-state index contributed by atoms with van der Waals surface area (Å²) >= 11 is 0. The number of carbonyl (C=O) groups excluding carboxylic acids is 2. The van der Waals surface area contributed by atoms with Crippen LogP contribution in [0.3, 0.4) is 0 Å². The van der Waals surface area contributed by atoms with Gasteiger partial charge in [0.2, 0.25) is 0 Å². The summed E-state index contributed by atoms with van der Waals surface area (Å²) in [6.45, 7) is 1.92. The third kappa shape index (κ3) is 5.09. The van der Waals surface area contributed by atoms with Gasteiger partial charge in [0.15, 0.2) is 0 Å². The number of benzene rings is 1. The molecule has 0 aliphatic carbocycles. The van der Waals surface area contributed by atoms with E-state index in [9.17, 15) is 18.8 Å². The highest BCUT2D eigenvalue weighted by Gasteiger charge is 2.17. The van der Waals surface area contributed by atoms with Crippen LogP contribution in [-0.2, 0) is 9.53 Å². The number of hydrogen-bond donors (Lipinski definition) is 3. The molecule has 0 spiro atoms. The Kier molecular flexibility index (Phi) is 6.12. The number of halogens is 1. The van der Waals surface area contributed by atoms with Crippen LogP contribution in [-0.4, -0.2) is 36.2 Å². The minimum Gasteiger partial charge on any atom is -0.478 e. The van der Waals surface area contributed by atoms with Gasteiger partial charge in [-0.25, -0.2) is 14.0 Å². The van der Waals surface area contributed by atoms with Gasteiger partial charge in [-0.1, -0.05) is 6.07 Å². The van der Waals surface area contributed by atoms with Gasteiger partial charge >= 0.3 is 18.0 Å². The molecule has 3 N–H and O–H groups in total. The van der Waals surface area contributed by atoms with Crippen molar-refractivity contribution < 1.29 is 28.6 Å². The number of esters is 1. The molecule has 21 heavy (non-hydrogen) atoms. The van der Waals surface area contributed by atoms with Crippen molar-refractivity contribution in [1.29, 1.82) is 0 Å². The van der Waals surface area contributed by atoms with Crippen molar-refractivity contribution in [2.45, 2.75) is 13.3 Å². The molecular formula is C13H15FN2O5. The van der Waals surface area contributed by atoms with Crippen LogP contribution in [0, 0.1) is 5.82 Å². The molecule has 0 saturated carbocycles. The minimum absolute atomic E-state index is 0.0163. The minimum atomic E-state index is -1.49. The fourth-order valence-corrected chi connectivity index (χ4v) is 1.52. The number of carboxylic acids is 1. The molecule has 1 rings (SSSR count). The number of carbonyl (C=O) groups is 3. The topological polar surface area (TPSA) is 105 Å². The summed E-state index contributed by atoms with van der Waals surface area (Å²) in [5.74, 6) is -2.91. The van der Waals surface area contributed by atoms with E-state index in [0.717, 1.165) is 6.07 Å². The van der Waals surface area contributed by atoms with E-state index in [1.807, 2.05) is 0 Å². The number of carboxylic acid groups (broad SMARTS) is 1. The zero-order valence-electron chi connectivity index (χ0n) is 11.3. The number of amides is 2. The lowest BCUT2D eigenvalue weighted by Gasteiger charge is -2.10. The van der Waals surface area contributed by atoms with E-state index in [1.54, 1.807) is 6.92 Å². The monoisotopic (exact) mass is 298 g/mol. The molecule has 114 valence electrons. The van der Waals surface area contributed by atoms with Crippen LogP contribution in [0.4, 0.5) is 14.9 Å². The third-order valence-corrected chi connectivity index (χ3v) is 2.40. The van der Waals surface area contributed by atoms with Crippen LogP contribution in [0.15, 0.2) is 18.2 Å². The first-order valence-electron chi connectivity index (χ1n) is 6.18. The number of aromatic carboxylic acids is 1. The van der Waals surface area contributed by atoms with Crippen LogP contribution in [0.1, 0.15) is 23.7 Å². The zero-order valence-corrected chi connectivity index (χ0v) is 11.3. The molecule has 2 amide bonds. The van der Waals surface area contributed by atoms with E-state index >= 15 is 0 Å². The number of anilines is 1. The molecule has 1 aromatic rings. The Balaban J connectivity index is 2.58. The molecule has 0 aliphatic rings. The molecule has 0 radical (unpaired) electrons. The van der Waals surface area contributed by atoms with Crippen molar-refractivity contribution in [1.82, 2.24) is 5.32 Å². The molecule has 0 aliphatic heterocycles. The average Bonchev–Trinajstić information content (AvgIpc) is 2.38.